The number of nitrogens with zero attached hydrogens (tertiary/aromatic N) is 2. The first-order valence-electron chi connectivity index (χ1n) is 7.87. The SMILES string of the molecule is Cc1ccc(-n2nc(Cc3ccc(F)cc3)c3c2NCC3)cc1. The maximum Gasteiger partial charge on any atom is 0.133 e. The molecule has 0 amide bonds. The summed E-state index contributed by atoms with van der Waals surface area (Å²) in [6, 6.07) is 15.0. The zero-order chi connectivity index (χ0) is 15.8. The van der Waals surface area contributed by atoms with Crippen LogP contribution in [0.1, 0.15) is 22.4 Å². The fourth-order valence-corrected chi connectivity index (χ4v) is 3.06. The molecule has 0 spiro atoms. The molecule has 3 aromatic rings. The van der Waals surface area contributed by atoms with Gasteiger partial charge in [0, 0.05) is 18.5 Å². The van der Waals surface area contributed by atoms with Crippen LogP contribution in [0.2, 0.25) is 0 Å². The minimum atomic E-state index is -0.203. The number of halogens is 1. The minimum absolute atomic E-state index is 0.203. The molecule has 0 aliphatic carbocycles. The summed E-state index contributed by atoms with van der Waals surface area (Å²) in [4.78, 5) is 0. The van der Waals surface area contributed by atoms with E-state index in [1.807, 2.05) is 16.8 Å². The molecule has 1 aromatic heterocycles. The second kappa shape index (κ2) is 5.54. The van der Waals surface area contributed by atoms with Crippen LogP contribution in [0.3, 0.4) is 0 Å². The lowest BCUT2D eigenvalue weighted by atomic mass is 10.1. The zero-order valence-corrected chi connectivity index (χ0v) is 13.0. The smallest absolute Gasteiger partial charge is 0.133 e. The maximum atomic E-state index is 13.1. The van der Waals surface area contributed by atoms with E-state index in [0.29, 0.717) is 0 Å². The Balaban J connectivity index is 1.72. The van der Waals surface area contributed by atoms with Crippen molar-refractivity contribution in [3.05, 3.63) is 76.7 Å². The predicted octanol–water partition coefficient (Wildman–Crippen LogP) is 3.88. The van der Waals surface area contributed by atoms with Gasteiger partial charge in [-0.05, 0) is 43.2 Å². The minimum Gasteiger partial charge on any atom is -0.369 e. The maximum absolute atomic E-state index is 13.1. The summed E-state index contributed by atoms with van der Waals surface area (Å²) in [5, 5.41) is 8.25. The van der Waals surface area contributed by atoms with Gasteiger partial charge in [0.15, 0.2) is 0 Å². The molecular weight excluding hydrogens is 289 g/mol. The molecule has 116 valence electrons. The van der Waals surface area contributed by atoms with Gasteiger partial charge in [-0.15, -0.1) is 0 Å². The highest BCUT2D eigenvalue weighted by atomic mass is 19.1. The van der Waals surface area contributed by atoms with E-state index < -0.39 is 0 Å². The van der Waals surface area contributed by atoms with E-state index >= 15 is 0 Å². The number of hydrogen-bond donors (Lipinski definition) is 1. The Labute approximate surface area is 134 Å². The average molecular weight is 307 g/mol. The van der Waals surface area contributed by atoms with Crippen molar-refractivity contribution < 1.29 is 4.39 Å². The van der Waals surface area contributed by atoms with E-state index in [4.69, 9.17) is 5.10 Å². The Morgan fingerprint density at radius 1 is 1.09 bits per heavy atom. The van der Waals surface area contributed by atoms with Crippen molar-refractivity contribution in [2.75, 3.05) is 11.9 Å². The Hall–Kier alpha value is -2.62. The number of benzene rings is 2. The van der Waals surface area contributed by atoms with Gasteiger partial charge in [-0.1, -0.05) is 29.8 Å². The van der Waals surface area contributed by atoms with Gasteiger partial charge in [0.25, 0.3) is 0 Å². The number of hydrogen-bond acceptors (Lipinski definition) is 2. The molecule has 0 saturated carbocycles. The first-order chi connectivity index (χ1) is 11.2. The van der Waals surface area contributed by atoms with Gasteiger partial charge in [-0.3, -0.25) is 0 Å². The second-order valence-corrected chi connectivity index (χ2v) is 6.00. The molecule has 2 heterocycles. The van der Waals surface area contributed by atoms with Crippen LogP contribution >= 0.6 is 0 Å². The molecule has 1 aliphatic rings. The molecule has 0 fully saturated rings. The molecule has 4 heteroatoms. The summed E-state index contributed by atoms with van der Waals surface area (Å²) < 4.78 is 15.1. The highest BCUT2D eigenvalue weighted by molar-refractivity contribution is 5.57. The van der Waals surface area contributed by atoms with Crippen LogP contribution in [0.25, 0.3) is 5.69 Å². The van der Waals surface area contributed by atoms with Crippen molar-refractivity contribution in [1.82, 2.24) is 9.78 Å². The first kappa shape index (κ1) is 14.0. The Bertz CT molecular complexity index is 832. The van der Waals surface area contributed by atoms with Crippen LogP contribution in [0.5, 0.6) is 0 Å². The predicted molar refractivity (Wildman–Crippen MR) is 89.7 cm³/mol. The van der Waals surface area contributed by atoms with Crippen molar-refractivity contribution in [2.45, 2.75) is 19.8 Å². The van der Waals surface area contributed by atoms with Crippen LogP contribution in [0.15, 0.2) is 48.5 Å². The number of anilines is 1. The molecule has 0 radical (unpaired) electrons. The van der Waals surface area contributed by atoms with Crippen molar-refractivity contribution in [3.8, 4) is 5.69 Å². The zero-order valence-electron chi connectivity index (χ0n) is 13.0. The molecule has 4 rings (SSSR count). The summed E-state index contributed by atoms with van der Waals surface area (Å²) in [5.41, 5.74) is 5.71. The summed E-state index contributed by atoms with van der Waals surface area (Å²) >= 11 is 0. The third kappa shape index (κ3) is 2.61. The lowest BCUT2D eigenvalue weighted by Gasteiger charge is -2.06. The largest absolute Gasteiger partial charge is 0.369 e. The van der Waals surface area contributed by atoms with E-state index in [9.17, 15) is 4.39 Å². The number of nitrogens with one attached hydrogen (secondary N) is 1. The van der Waals surface area contributed by atoms with Crippen LogP contribution in [0.4, 0.5) is 10.2 Å². The van der Waals surface area contributed by atoms with Gasteiger partial charge >= 0.3 is 0 Å². The van der Waals surface area contributed by atoms with Gasteiger partial charge in [0.1, 0.15) is 11.6 Å². The van der Waals surface area contributed by atoms with Crippen molar-refractivity contribution in [3.63, 3.8) is 0 Å². The number of rotatable bonds is 3. The number of fused-ring (bicyclic) bond motifs is 1. The van der Waals surface area contributed by atoms with E-state index in [2.05, 4.69) is 36.5 Å². The fourth-order valence-electron chi connectivity index (χ4n) is 3.06. The molecule has 0 atom stereocenters. The van der Waals surface area contributed by atoms with Gasteiger partial charge in [-0.25, -0.2) is 9.07 Å². The summed E-state index contributed by atoms with van der Waals surface area (Å²) in [7, 11) is 0. The molecular formula is C19H18FN3. The van der Waals surface area contributed by atoms with E-state index in [1.54, 1.807) is 0 Å². The van der Waals surface area contributed by atoms with E-state index in [-0.39, 0.29) is 5.82 Å². The van der Waals surface area contributed by atoms with Gasteiger partial charge in [0.2, 0.25) is 0 Å². The van der Waals surface area contributed by atoms with Crippen molar-refractivity contribution in [1.29, 1.82) is 0 Å². The average Bonchev–Trinajstić information content (AvgIpc) is 3.14. The summed E-state index contributed by atoms with van der Waals surface area (Å²) in [6.45, 7) is 3.02. The number of aryl methyl sites for hydroxylation is 1. The van der Waals surface area contributed by atoms with Gasteiger partial charge in [-0.2, -0.15) is 5.10 Å². The summed E-state index contributed by atoms with van der Waals surface area (Å²) in [5.74, 6) is 0.886. The Morgan fingerprint density at radius 2 is 1.83 bits per heavy atom. The molecule has 0 unspecified atom stereocenters. The molecule has 0 saturated heterocycles. The number of aromatic nitrogens is 2. The third-order valence-electron chi connectivity index (χ3n) is 4.30. The first-order valence-corrected chi connectivity index (χ1v) is 7.87. The van der Waals surface area contributed by atoms with Crippen LogP contribution < -0.4 is 5.32 Å². The van der Waals surface area contributed by atoms with Gasteiger partial charge in [0.05, 0.1) is 11.4 Å². The lowest BCUT2D eigenvalue weighted by Crippen LogP contribution is -2.05. The van der Waals surface area contributed by atoms with Crippen molar-refractivity contribution >= 4 is 5.82 Å². The van der Waals surface area contributed by atoms with Crippen LogP contribution in [-0.4, -0.2) is 16.3 Å². The Kier molecular flexibility index (Phi) is 3.37. The molecule has 1 N–H and O–H groups in total. The fraction of sp³-hybridized carbons (Fsp3) is 0.211. The topological polar surface area (TPSA) is 29.9 Å². The van der Waals surface area contributed by atoms with Gasteiger partial charge < -0.3 is 5.32 Å². The molecule has 0 bridgehead atoms. The van der Waals surface area contributed by atoms with Crippen LogP contribution in [0, 0.1) is 12.7 Å². The van der Waals surface area contributed by atoms with E-state index in [1.165, 1.54) is 23.3 Å². The normalized spacial score (nSPS) is 13.0. The Morgan fingerprint density at radius 3 is 2.57 bits per heavy atom. The highest BCUT2D eigenvalue weighted by Gasteiger charge is 2.22. The third-order valence-corrected chi connectivity index (χ3v) is 4.30. The lowest BCUT2D eigenvalue weighted by molar-refractivity contribution is 0.627. The molecule has 1 aliphatic heterocycles. The van der Waals surface area contributed by atoms with E-state index in [0.717, 1.165) is 42.1 Å². The second-order valence-electron chi connectivity index (χ2n) is 6.00. The van der Waals surface area contributed by atoms with Crippen molar-refractivity contribution in [2.24, 2.45) is 0 Å². The van der Waals surface area contributed by atoms with Crippen LogP contribution in [-0.2, 0) is 12.8 Å². The standard InChI is InChI=1S/C19H18FN3/c1-13-2-8-16(9-3-13)23-19-17(10-11-21-19)18(22-23)12-14-4-6-15(20)7-5-14/h2-9,21H,10-12H2,1H3. The molecule has 2 aromatic carbocycles. The monoisotopic (exact) mass is 307 g/mol. The highest BCUT2D eigenvalue weighted by Crippen LogP contribution is 2.30. The summed E-state index contributed by atoms with van der Waals surface area (Å²) in [6.07, 6.45) is 1.71. The quantitative estimate of drug-likeness (QED) is 0.796. The molecule has 23 heavy (non-hydrogen) atoms. The molecule has 3 nitrogen and oxygen atoms in total.